The van der Waals surface area contributed by atoms with Gasteiger partial charge in [0.15, 0.2) is 5.96 Å². The zero-order valence-electron chi connectivity index (χ0n) is 19.0. The normalized spacial score (nSPS) is 12.3. The number of aromatic nitrogens is 2. The maximum absolute atomic E-state index is 5.23. The van der Waals surface area contributed by atoms with E-state index in [9.17, 15) is 0 Å². The standard InChI is InChI=1S/C22H35N5O2.HI/c1-16(19-7-9-20(29-6)10-8-19)11-12-24-22(23-4)25-15-21-17(2)26-27(18(21)3)13-14-28-5;/h7-10,16H,11-15H2,1-6H3,(H2,23,24,25);1H. The van der Waals surface area contributed by atoms with Crippen molar-refractivity contribution < 1.29 is 9.47 Å². The van der Waals surface area contributed by atoms with Crippen LogP contribution in [-0.4, -0.2) is 50.2 Å². The van der Waals surface area contributed by atoms with Gasteiger partial charge >= 0.3 is 0 Å². The Hall–Kier alpha value is -1.81. The third kappa shape index (κ3) is 7.46. The molecule has 2 aromatic rings. The van der Waals surface area contributed by atoms with E-state index in [4.69, 9.17) is 9.47 Å². The molecule has 1 aromatic heterocycles. The number of nitrogens with zero attached hydrogens (tertiary/aromatic N) is 3. The Balaban J connectivity index is 0.00000450. The minimum absolute atomic E-state index is 0. The lowest BCUT2D eigenvalue weighted by Crippen LogP contribution is -2.37. The second-order valence-electron chi connectivity index (χ2n) is 7.18. The summed E-state index contributed by atoms with van der Waals surface area (Å²) in [5, 5.41) is 11.4. The van der Waals surface area contributed by atoms with Crippen LogP contribution < -0.4 is 15.4 Å². The fourth-order valence-electron chi connectivity index (χ4n) is 3.28. The molecule has 1 atom stereocenters. The topological polar surface area (TPSA) is 72.7 Å². The summed E-state index contributed by atoms with van der Waals surface area (Å²) >= 11 is 0. The minimum Gasteiger partial charge on any atom is -0.497 e. The molecule has 168 valence electrons. The molecule has 0 saturated carbocycles. The number of rotatable bonds is 10. The van der Waals surface area contributed by atoms with Crippen LogP contribution >= 0.6 is 24.0 Å². The van der Waals surface area contributed by atoms with Gasteiger partial charge in [0.05, 0.1) is 26.0 Å². The van der Waals surface area contributed by atoms with Crippen molar-refractivity contribution in [3.05, 3.63) is 46.8 Å². The zero-order valence-corrected chi connectivity index (χ0v) is 21.3. The molecule has 0 fully saturated rings. The van der Waals surface area contributed by atoms with Crippen molar-refractivity contribution in [1.82, 2.24) is 20.4 Å². The van der Waals surface area contributed by atoms with Crippen LogP contribution in [-0.2, 0) is 17.8 Å². The molecule has 1 aromatic carbocycles. The quantitative estimate of drug-likeness (QED) is 0.280. The molecule has 0 aliphatic carbocycles. The van der Waals surface area contributed by atoms with E-state index in [1.54, 1.807) is 21.3 Å². The van der Waals surface area contributed by atoms with Gasteiger partial charge in [0.2, 0.25) is 0 Å². The minimum atomic E-state index is 0. The summed E-state index contributed by atoms with van der Waals surface area (Å²) in [6, 6.07) is 8.28. The van der Waals surface area contributed by atoms with Gasteiger partial charge in [-0.05, 0) is 43.9 Å². The highest BCUT2D eigenvalue weighted by atomic mass is 127. The number of hydrogen-bond acceptors (Lipinski definition) is 4. The van der Waals surface area contributed by atoms with Gasteiger partial charge in [-0.15, -0.1) is 24.0 Å². The average molecular weight is 529 g/mol. The number of hydrogen-bond donors (Lipinski definition) is 2. The van der Waals surface area contributed by atoms with Gasteiger partial charge in [-0.3, -0.25) is 9.67 Å². The number of ether oxygens (including phenoxy) is 2. The maximum Gasteiger partial charge on any atom is 0.191 e. The molecule has 1 unspecified atom stereocenters. The van der Waals surface area contributed by atoms with Crippen molar-refractivity contribution in [1.29, 1.82) is 0 Å². The van der Waals surface area contributed by atoms with Crippen molar-refractivity contribution in [2.75, 3.05) is 34.4 Å². The summed E-state index contributed by atoms with van der Waals surface area (Å²) in [5.41, 5.74) is 4.71. The fraction of sp³-hybridized carbons (Fsp3) is 0.545. The van der Waals surface area contributed by atoms with Crippen LogP contribution in [0.2, 0.25) is 0 Å². The molecule has 0 saturated heterocycles. The predicted octanol–water partition coefficient (Wildman–Crippen LogP) is 3.63. The molecule has 1 heterocycles. The molecule has 0 radical (unpaired) electrons. The summed E-state index contributed by atoms with van der Waals surface area (Å²) in [6.45, 7) is 9.33. The summed E-state index contributed by atoms with van der Waals surface area (Å²) in [6.07, 6.45) is 1.01. The zero-order chi connectivity index (χ0) is 21.2. The van der Waals surface area contributed by atoms with Crippen molar-refractivity contribution in [3.8, 4) is 5.75 Å². The van der Waals surface area contributed by atoms with Gasteiger partial charge in [-0.1, -0.05) is 19.1 Å². The van der Waals surface area contributed by atoms with Crippen molar-refractivity contribution >= 4 is 29.9 Å². The number of halogens is 1. The Kier molecular flexibility index (Phi) is 11.8. The molecule has 0 aliphatic rings. The predicted molar refractivity (Wildman–Crippen MR) is 133 cm³/mol. The van der Waals surface area contributed by atoms with Crippen molar-refractivity contribution in [2.45, 2.75) is 46.2 Å². The van der Waals surface area contributed by atoms with Crippen LogP contribution in [0.25, 0.3) is 0 Å². The monoisotopic (exact) mass is 529 g/mol. The number of guanidine groups is 1. The van der Waals surface area contributed by atoms with Crippen LogP contribution in [0, 0.1) is 13.8 Å². The second-order valence-corrected chi connectivity index (χ2v) is 7.18. The number of benzene rings is 1. The van der Waals surface area contributed by atoms with E-state index in [2.05, 4.69) is 46.7 Å². The molecular weight excluding hydrogens is 493 g/mol. The molecule has 0 aliphatic heterocycles. The lowest BCUT2D eigenvalue weighted by Gasteiger charge is -2.16. The van der Waals surface area contributed by atoms with Gasteiger partial charge in [-0.2, -0.15) is 5.10 Å². The maximum atomic E-state index is 5.23. The number of methoxy groups -OCH3 is 2. The lowest BCUT2D eigenvalue weighted by molar-refractivity contribution is 0.182. The highest BCUT2D eigenvalue weighted by Crippen LogP contribution is 2.21. The van der Waals surface area contributed by atoms with E-state index in [0.717, 1.165) is 42.6 Å². The fourth-order valence-corrected chi connectivity index (χ4v) is 3.28. The lowest BCUT2D eigenvalue weighted by atomic mass is 9.98. The van der Waals surface area contributed by atoms with Gasteiger partial charge in [-0.25, -0.2) is 0 Å². The van der Waals surface area contributed by atoms with Crippen LogP contribution in [0.4, 0.5) is 0 Å². The Morgan fingerprint density at radius 1 is 1.17 bits per heavy atom. The van der Waals surface area contributed by atoms with Crippen LogP contribution in [0.5, 0.6) is 5.75 Å². The number of aliphatic imine (C=N–C) groups is 1. The molecule has 0 amide bonds. The third-order valence-corrected chi connectivity index (χ3v) is 5.25. The van der Waals surface area contributed by atoms with E-state index in [0.29, 0.717) is 19.1 Å². The molecule has 2 rings (SSSR count). The van der Waals surface area contributed by atoms with E-state index in [-0.39, 0.29) is 24.0 Å². The summed E-state index contributed by atoms with van der Waals surface area (Å²) in [7, 11) is 5.19. The Morgan fingerprint density at radius 3 is 2.47 bits per heavy atom. The van der Waals surface area contributed by atoms with Crippen LogP contribution in [0.15, 0.2) is 29.3 Å². The molecular formula is C22H36IN5O2. The first kappa shape index (κ1) is 26.2. The van der Waals surface area contributed by atoms with Crippen LogP contribution in [0.1, 0.15) is 41.8 Å². The van der Waals surface area contributed by atoms with E-state index < -0.39 is 0 Å². The third-order valence-electron chi connectivity index (χ3n) is 5.25. The van der Waals surface area contributed by atoms with E-state index in [1.165, 1.54) is 11.1 Å². The molecule has 7 nitrogen and oxygen atoms in total. The highest BCUT2D eigenvalue weighted by Gasteiger charge is 2.12. The smallest absolute Gasteiger partial charge is 0.191 e. The second kappa shape index (κ2) is 13.5. The van der Waals surface area contributed by atoms with Gasteiger partial charge < -0.3 is 20.1 Å². The largest absolute Gasteiger partial charge is 0.497 e. The van der Waals surface area contributed by atoms with Gasteiger partial charge in [0.1, 0.15) is 5.75 Å². The highest BCUT2D eigenvalue weighted by molar-refractivity contribution is 14.0. The molecule has 8 heteroatoms. The average Bonchev–Trinajstić information content (AvgIpc) is 3.01. The molecule has 2 N–H and O–H groups in total. The number of nitrogens with one attached hydrogen (secondary N) is 2. The van der Waals surface area contributed by atoms with Crippen molar-refractivity contribution in [3.63, 3.8) is 0 Å². The Morgan fingerprint density at radius 2 is 1.87 bits per heavy atom. The first-order chi connectivity index (χ1) is 14.0. The first-order valence-electron chi connectivity index (χ1n) is 10.1. The number of aryl methyl sites for hydroxylation is 1. The first-order valence-corrected chi connectivity index (χ1v) is 10.1. The van der Waals surface area contributed by atoms with Gasteiger partial charge in [0.25, 0.3) is 0 Å². The van der Waals surface area contributed by atoms with Gasteiger partial charge in [0, 0.05) is 38.5 Å². The Labute approximate surface area is 197 Å². The molecule has 30 heavy (non-hydrogen) atoms. The Bertz CT molecular complexity index is 790. The molecule has 0 spiro atoms. The summed E-state index contributed by atoms with van der Waals surface area (Å²) in [5.74, 6) is 2.14. The summed E-state index contributed by atoms with van der Waals surface area (Å²) < 4.78 is 12.4. The summed E-state index contributed by atoms with van der Waals surface area (Å²) in [4.78, 5) is 4.34. The SMILES string of the molecule is CN=C(NCCC(C)c1ccc(OC)cc1)NCc1c(C)nn(CCOC)c1C.I. The molecule has 0 bridgehead atoms. The van der Waals surface area contributed by atoms with E-state index >= 15 is 0 Å². The van der Waals surface area contributed by atoms with E-state index in [1.807, 2.05) is 23.7 Å². The van der Waals surface area contributed by atoms with Crippen LogP contribution in [0.3, 0.4) is 0 Å². The van der Waals surface area contributed by atoms with Crippen molar-refractivity contribution in [2.24, 2.45) is 4.99 Å².